The first-order chi connectivity index (χ1) is 18.1. The lowest BCUT2D eigenvalue weighted by molar-refractivity contribution is -0.116. The molecule has 2 heterocycles. The summed E-state index contributed by atoms with van der Waals surface area (Å²) in [6, 6.07) is 26.3. The zero-order valence-corrected chi connectivity index (χ0v) is 21.6. The third-order valence-corrected chi connectivity index (χ3v) is 6.99. The van der Waals surface area contributed by atoms with Gasteiger partial charge in [-0.25, -0.2) is 4.98 Å². The molecule has 6 nitrogen and oxygen atoms in total. The molecule has 0 bridgehead atoms. The minimum Gasteiger partial charge on any atom is -0.440 e. The van der Waals surface area contributed by atoms with E-state index in [1.165, 1.54) is 5.69 Å². The van der Waals surface area contributed by atoms with E-state index in [1.807, 2.05) is 73.7 Å². The molecule has 4 aromatic rings. The summed E-state index contributed by atoms with van der Waals surface area (Å²) in [7, 11) is 0. The molecule has 0 spiro atoms. The second kappa shape index (κ2) is 11.4. The Morgan fingerprint density at radius 3 is 2.24 bits per heavy atom. The topological polar surface area (TPSA) is 61.6 Å². The largest absolute Gasteiger partial charge is 0.440 e. The lowest BCUT2D eigenvalue weighted by Crippen LogP contribution is -2.46. The molecule has 1 N–H and O–H groups in total. The van der Waals surface area contributed by atoms with Gasteiger partial charge in [0.2, 0.25) is 5.91 Å². The number of oxazole rings is 1. The predicted octanol–water partition coefficient (Wildman–Crippen LogP) is 6.03. The van der Waals surface area contributed by atoms with Crippen LogP contribution in [-0.4, -0.2) is 48.5 Å². The smallest absolute Gasteiger partial charge is 0.224 e. The summed E-state index contributed by atoms with van der Waals surface area (Å²) in [5, 5.41) is 3.08. The van der Waals surface area contributed by atoms with E-state index >= 15 is 0 Å². The lowest BCUT2D eigenvalue weighted by atomic mass is 10.1. The minimum atomic E-state index is -0.0480. The van der Waals surface area contributed by atoms with Crippen LogP contribution in [0.1, 0.15) is 24.8 Å². The second-order valence-corrected chi connectivity index (χ2v) is 9.49. The molecule has 0 saturated carbocycles. The Labute approximate surface area is 218 Å². The van der Waals surface area contributed by atoms with Gasteiger partial charge in [0.1, 0.15) is 5.69 Å². The van der Waals surface area contributed by atoms with E-state index < -0.39 is 0 Å². The van der Waals surface area contributed by atoms with Gasteiger partial charge in [-0.1, -0.05) is 67.6 Å². The van der Waals surface area contributed by atoms with Gasteiger partial charge < -0.3 is 19.5 Å². The fraction of sp³-hybridized carbons (Fsp3) is 0.290. The zero-order chi connectivity index (χ0) is 25.6. The molecule has 1 saturated heterocycles. The molecule has 0 radical (unpaired) electrons. The second-order valence-electron chi connectivity index (χ2n) is 9.49. The highest BCUT2D eigenvalue weighted by Crippen LogP contribution is 2.33. The number of likely N-dealkylation sites (N-methyl/N-ethyl adjacent to an activating group) is 1. The predicted molar refractivity (Wildman–Crippen MR) is 150 cm³/mol. The van der Waals surface area contributed by atoms with Crippen LogP contribution in [0, 0.1) is 6.92 Å². The molecule has 37 heavy (non-hydrogen) atoms. The van der Waals surface area contributed by atoms with Crippen molar-refractivity contribution >= 4 is 17.3 Å². The van der Waals surface area contributed by atoms with Crippen molar-refractivity contribution in [2.24, 2.45) is 0 Å². The van der Waals surface area contributed by atoms with Crippen molar-refractivity contribution in [1.29, 1.82) is 0 Å². The van der Waals surface area contributed by atoms with E-state index in [0.29, 0.717) is 18.7 Å². The maximum atomic E-state index is 12.8. The normalized spacial score (nSPS) is 14.1. The molecule has 0 atom stereocenters. The van der Waals surface area contributed by atoms with Gasteiger partial charge in [0.25, 0.3) is 0 Å². The van der Waals surface area contributed by atoms with Crippen LogP contribution in [0.2, 0.25) is 0 Å². The number of piperazine rings is 1. The standard InChI is InChI=1S/C31H34N4O2/c1-3-34-18-20-35(21-19-34)26-14-15-27(23(2)22-26)32-28(36)16-17-29-33-30(24-10-6-4-7-11-24)31(37-29)25-12-8-5-9-13-25/h4-15,22H,3,16-21H2,1-2H3,(H,32,36). The summed E-state index contributed by atoms with van der Waals surface area (Å²) in [5.41, 5.74) is 5.89. The number of aryl methyl sites for hydroxylation is 2. The highest BCUT2D eigenvalue weighted by Gasteiger charge is 2.19. The maximum Gasteiger partial charge on any atom is 0.224 e. The molecule has 1 aliphatic heterocycles. The minimum absolute atomic E-state index is 0.0480. The molecule has 190 valence electrons. The average Bonchev–Trinajstić information content (AvgIpc) is 3.38. The van der Waals surface area contributed by atoms with E-state index in [0.717, 1.165) is 66.6 Å². The lowest BCUT2D eigenvalue weighted by Gasteiger charge is -2.35. The van der Waals surface area contributed by atoms with Crippen molar-refractivity contribution in [3.05, 3.63) is 90.3 Å². The Kier molecular flexibility index (Phi) is 7.66. The highest BCUT2D eigenvalue weighted by atomic mass is 16.4. The molecule has 6 heteroatoms. The van der Waals surface area contributed by atoms with E-state index in [2.05, 4.69) is 34.2 Å². The number of rotatable bonds is 8. The Morgan fingerprint density at radius 2 is 1.59 bits per heavy atom. The molecular formula is C31H34N4O2. The molecule has 5 rings (SSSR count). The van der Waals surface area contributed by atoms with Crippen molar-refractivity contribution in [3.8, 4) is 22.6 Å². The summed E-state index contributed by atoms with van der Waals surface area (Å²) in [6.07, 6.45) is 0.723. The maximum absolute atomic E-state index is 12.8. The monoisotopic (exact) mass is 494 g/mol. The zero-order valence-electron chi connectivity index (χ0n) is 21.6. The third kappa shape index (κ3) is 5.92. The first-order valence-corrected chi connectivity index (χ1v) is 13.1. The van der Waals surface area contributed by atoms with E-state index in [9.17, 15) is 4.79 Å². The summed E-state index contributed by atoms with van der Waals surface area (Å²) >= 11 is 0. The molecular weight excluding hydrogens is 460 g/mol. The summed E-state index contributed by atoms with van der Waals surface area (Å²) in [4.78, 5) is 22.5. The van der Waals surface area contributed by atoms with Crippen molar-refractivity contribution in [3.63, 3.8) is 0 Å². The van der Waals surface area contributed by atoms with Gasteiger partial charge in [-0.3, -0.25) is 4.79 Å². The van der Waals surface area contributed by atoms with Crippen molar-refractivity contribution in [2.45, 2.75) is 26.7 Å². The number of nitrogens with zero attached hydrogens (tertiary/aromatic N) is 3. The van der Waals surface area contributed by atoms with E-state index in [-0.39, 0.29) is 5.91 Å². The van der Waals surface area contributed by atoms with Gasteiger partial charge in [-0.15, -0.1) is 0 Å². The molecule has 1 amide bonds. The van der Waals surface area contributed by atoms with Crippen LogP contribution in [0.4, 0.5) is 11.4 Å². The molecule has 0 aliphatic carbocycles. The van der Waals surface area contributed by atoms with Gasteiger partial charge in [0, 0.05) is 61.5 Å². The summed E-state index contributed by atoms with van der Waals surface area (Å²) in [6.45, 7) is 9.61. The van der Waals surface area contributed by atoms with Crippen LogP contribution in [-0.2, 0) is 11.2 Å². The van der Waals surface area contributed by atoms with Gasteiger partial charge in [0.15, 0.2) is 11.7 Å². The number of amides is 1. The SMILES string of the molecule is CCN1CCN(c2ccc(NC(=O)CCc3nc(-c4ccccc4)c(-c4ccccc4)o3)c(C)c2)CC1. The number of aromatic nitrogens is 1. The van der Waals surface area contributed by atoms with Crippen LogP contribution in [0.15, 0.2) is 83.3 Å². The molecule has 1 fully saturated rings. The molecule has 1 aliphatic rings. The van der Waals surface area contributed by atoms with E-state index in [4.69, 9.17) is 9.40 Å². The van der Waals surface area contributed by atoms with Crippen LogP contribution in [0.25, 0.3) is 22.6 Å². The van der Waals surface area contributed by atoms with Crippen LogP contribution < -0.4 is 10.2 Å². The fourth-order valence-corrected chi connectivity index (χ4v) is 4.79. The Bertz CT molecular complexity index is 1270. The van der Waals surface area contributed by atoms with Crippen molar-refractivity contribution in [1.82, 2.24) is 9.88 Å². The van der Waals surface area contributed by atoms with E-state index in [1.54, 1.807) is 0 Å². The van der Waals surface area contributed by atoms with Gasteiger partial charge in [0.05, 0.1) is 0 Å². The van der Waals surface area contributed by atoms with Crippen molar-refractivity contribution in [2.75, 3.05) is 42.9 Å². The molecule has 1 aromatic heterocycles. The van der Waals surface area contributed by atoms with Gasteiger partial charge in [-0.05, 0) is 37.2 Å². The number of anilines is 2. The Morgan fingerprint density at radius 1 is 0.919 bits per heavy atom. The first-order valence-electron chi connectivity index (χ1n) is 13.1. The van der Waals surface area contributed by atoms with Crippen LogP contribution in [0.5, 0.6) is 0 Å². The van der Waals surface area contributed by atoms with Crippen molar-refractivity contribution < 1.29 is 9.21 Å². The third-order valence-electron chi connectivity index (χ3n) is 6.99. The first kappa shape index (κ1) is 24.8. The highest BCUT2D eigenvalue weighted by molar-refractivity contribution is 5.92. The number of nitrogens with one attached hydrogen (secondary N) is 1. The average molecular weight is 495 g/mol. The van der Waals surface area contributed by atoms with Gasteiger partial charge in [-0.2, -0.15) is 0 Å². The Hall–Kier alpha value is -3.90. The van der Waals surface area contributed by atoms with Crippen LogP contribution >= 0.6 is 0 Å². The fourth-order valence-electron chi connectivity index (χ4n) is 4.79. The number of carbonyl (C=O) groups is 1. The molecule has 3 aromatic carbocycles. The number of benzene rings is 3. The summed E-state index contributed by atoms with van der Waals surface area (Å²) < 4.78 is 6.18. The quantitative estimate of drug-likeness (QED) is 0.324. The number of hydrogen-bond donors (Lipinski definition) is 1. The summed E-state index contributed by atoms with van der Waals surface area (Å²) in [5.74, 6) is 1.24. The Balaban J connectivity index is 1.24. The van der Waals surface area contributed by atoms with Gasteiger partial charge >= 0.3 is 0 Å². The number of carbonyl (C=O) groups excluding carboxylic acids is 1. The number of hydrogen-bond acceptors (Lipinski definition) is 5. The van der Waals surface area contributed by atoms with Crippen LogP contribution in [0.3, 0.4) is 0 Å². The molecule has 0 unspecified atom stereocenters.